The van der Waals surface area contributed by atoms with E-state index < -0.39 is 0 Å². The standard InChI is InChI=1S/C23H24O2/c24-15-5-14-23(16-25,21-12-10-17-6-1-3-8-19(17)21)22-13-11-18-7-2-4-9-20(18)22/h1-4,6-13,21-22,24-25H,5,14-16H2. The third-order valence-electron chi connectivity index (χ3n) is 5.93. The first-order valence-corrected chi connectivity index (χ1v) is 9.06. The molecule has 0 saturated carbocycles. The molecule has 2 aliphatic rings. The highest BCUT2D eigenvalue weighted by molar-refractivity contribution is 5.66. The molecule has 0 aliphatic heterocycles. The maximum Gasteiger partial charge on any atom is 0.0505 e. The Morgan fingerprint density at radius 2 is 1.28 bits per heavy atom. The molecule has 2 aromatic rings. The summed E-state index contributed by atoms with van der Waals surface area (Å²) in [6, 6.07) is 16.9. The Kier molecular flexibility index (Phi) is 4.32. The maximum absolute atomic E-state index is 10.6. The van der Waals surface area contributed by atoms with Gasteiger partial charge in [-0.2, -0.15) is 0 Å². The Morgan fingerprint density at radius 1 is 0.760 bits per heavy atom. The average molecular weight is 332 g/mol. The van der Waals surface area contributed by atoms with Crippen LogP contribution in [0.15, 0.2) is 60.7 Å². The molecule has 0 amide bonds. The van der Waals surface area contributed by atoms with Crippen molar-refractivity contribution in [2.75, 3.05) is 13.2 Å². The number of fused-ring (bicyclic) bond motifs is 2. The first kappa shape index (κ1) is 16.3. The summed E-state index contributed by atoms with van der Waals surface area (Å²) in [5.74, 6) is 0.308. The Hall–Kier alpha value is -2.16. The van der Waals surface area contributed by atoms with Crippen LogP contribution in [0.4, 0.5) is 0 Å². The molecule has 0 heterocycles. The van der Waals surface area contributed by atoms with Crippen LogP contribution in [0.25, 0.3) is 12.2 Å². The van der Waals surface area contributed by atoms with Crippen molar-refractivity contribution in [1.82, 2.24) is 0 Å². The van der Waals surface area contributed by atoms with Gasteiger partial charge in [-0.15, -0.1) is 0 Å². The van der Waals surface area contributed by atoms with Crippen LogP contribution in [-0.2, 0) is 0 Å². The van der Waals surface area contributed by atoms with Crippen molar-refractivity contribution < 1.29 is 10.2 Å². The minimum atomic E-state index is -0.338. The molecule has 2 atom stereocenters. The van der Waals surface area contributed by atoms with Gasteiger partial charge in [-0.3, -0.25) is 0 Å². The highest BCUT2D eigenvalue weighted by atomic mass is 16.3. The fourth-order valence-electron chi connectivity index (χ4n) is 4.69. The molecule has 2 N–H and O–H groups in total. The number of aliphatic hydroxyl groups excluding tert-OH is 2. The highest BCUT2D eigenvalue weighted by Crippen LogP contribution is 2.56. The zero-order valence-electron chi connectivity index (χ0n) is 14.3. The molecule has 0 bridgehead atoms. The van der Waals surface area contributed by atoms with Gasteiger partial charge in [0, 0.05) is 23.9 Å². The van der Waals surface area contributed by atoms with Crippen molar-refractivity contribution in [3.63, 3.8) is 0 Å². The molecule has 0 saturated heterocycles. The molecular weight excluding hydrogens is 308 g/mol. The van der Waals surface area contributed by atoms with E-state index in [0.29, 0.717) is 6.42 Å². The van der Waals surface area contributed by atoms with E-state index >= 15 is 0 Å². The van der Waals surface area contributed by atoms with Gasteiger partial charge < -0.3 is 10.2 Å². The fourth-order valence-corrected chi connectivity index (χ4v) is 4.69. The SMILES string of the molecule is OCCCC(CO)(C1C=Cc2ccccc21)C1C=Cc2ccccc21. The molecule has 2 unspecified atom stereocenters. The lowest BCUT2D eigenvalue weighted by Gasteiger charge is -2.42. The summed E-state index contributed by atoms with van der Waals surface area (Å²) in [6.45, 7) is 0.248. The number of aliphatic hydroxyl groups is 2. The third kappa shape index (κ3) is 2.57. The van der Waals surface area contributed by atoms with E-state index in [1.165, 1.54) is 22.3 Å². The minimum absolute atomic E-state index is 0.0969. The molecule has 2 aromatic carbocycles. The summed E-state index contributed by atoms with van der Waals surface area (Å²) < 4.78 is 0. The first-order valence-electron chi connectivity index (χ1n) is 9.06. The van der Waals surface area contributed by atoms with Crippen LogP contribution >= 0.6 is 0 Å². The topological polar surface area (TPSA) is 40.5 Å². The summed E-state index contributed by atoms with van der Waals surface area (Å²) >= 11 is 0. The van der Waals surface area contributed by atoms with Gasteiger partial charge in [0.2, 0.25) is 0 Å². The molecule has 0 fully saturated rings. The predicted octanol–water partition coefficient (Wildman–Crippen LogP) is 4.36. The molecule has 25 heavy (non-hydrogen) atoms. The Labute approximate surface area is 149 Å². The number of allylic oxidation sites excluding steroid dienone is 2. The van der Waals surface area contributed by atoms with E-state index in [4.69, 9.17) is 0 Å². The first-order chi connectivity index (χ1) is 12.3. The second-order valence-corrected chi connectivity index (χ2v) is 7.15. The van der Waals surface area contributed by atoms with Crippen LogP contribution in [0.5, 0.6) is 0 Å². The lowest BCUT2D eigenvalue weighted by atomic mass is 9.61. The largest absolute Gasteiger partial charge is 0.396 e. The van der Waals surface area contributed by atoms with E-state index in [-0.39, 0.29) is 30.5 Å². The summed E-state index contributed by atoms with van der Waals surface area (Å²) in [6.07, 6.45) is 10.3. The van der Waals surface area contributed by atoms with E-state index in [9.17, 15) is 10.2 Å². The second kappa shape index (κ2) is 6.62. The molecule has 4 rings (SSSR count). The van der Waals surface area contributed by atoms with E-state index in [2.05, 4.69) is 72.8 Å². The lowest BCUT2D eigenvalue weighted by molar-refractivity contribution is 0.0771. The molecule has 0 aromatic heterocycles. The molecular formula is C23H24O2. The van der Waals surface area contributed by atoms with Crippen LogP contribution < -0.4 is 0 Å². The Bertz CT molecular complexity index is 757. The molecule has 128 valence electrons. The van der Waals surface area contributed by atoms with Crippen LogP contribution in [0.1, 0.15) is 46.9 Å². The van der Waals surface area contributed by atoms with Gasteiger partial charge in [0.15, 0.2) is 0 Å². The van der Waals surface area contributed by atoms with Gasteiger partial charge in [-0.05, 0) is 35.1 Å². The van der Waals surface area contributed by atoms with E-state index in [0.717, 1.165) is 6.42 Å². The quantitative estimate of drug-likeness (QED) is 0.825. The number of hydrogen-bond acceptors (Lipinski definition) is 2. The van der Waals surface area contributed by atoms with Gasteiger partial charge >= 0.3 is 0 Å². The van der Waals surface area contributed by atoms with Crippen molar-refractivity contribution in [3.05, 3.63) is 82.9 Å². The van der Waals surface area contributed by atoms with E-state index in [1.807, 2.05) is 0 Å². The van der Waals surface area contributed by atoms with Crippen molar-refractivity contribution in [3.8, 4) is 0 Å². The van der Waals surface area contributed by atoms with Gasteiger partial charge in [-0.25, -0.2) is 0 Å². The summed E-state index contributed by atoms with van der Waals surface area (Å²) in [5.41, 5.74) is 4.71. The molecule has 2 heteroatoms. The van der Waals surface area contributed by atoms with Gasteiger partial charge in [0.05, 0.1) is 6.61 Å². The summed E-state index contributed by atoms with van der Waals surface area (Å²) in [4.78, 5) is 0. The Balaban J connectivity index is 1.82. The van der Waals surface area contributed by atoms with Crippen molar-refractivity contribution >= 4 is 12.2 Å². The molecule has 2 nitrogen and oxygen atoms in total. The third-order valence-corrected chi connectivity index (χ3v) is 5.93. The highest BCUT2D eigenvalue weighted by Gasteiger charge is 2.46. The lowest BCUT2D eigenvalue weighted by Crippen LogP contribution is -2.37. The van der Waals surface area contributed by atoms with Crippen LogP contribution in [0.2, 0.25) is 0 Å². The molecule has 0 radical (unpaired) electrons. The number of benzene rings is 2. The summed E-state index contributed by atoms with van der Waals surface area (Å²) in [5, 5.41) is 20.1. The predicted molar refractivity (Wildman–Crippen MR) is 102 cm³/mol. The zero-order valence-corrected chi connectivity index (χ0v) is 14.3. The number of rotatable bonds is 6. The normalized spacial score (nSPS) is 22.6. The molecule has 2 aliphatic carbocycles. The van der Waals surface area contributed by atoms with E-state index in [1.54, 1.807) is 0 Å². The second-order valence-electron chi connectivity index (χ2n) is 7.15. The van der Waals surface area contributed by atoms with Crippen LogP contribution in [0, 0.1) is 5.41 Å². The smallest absolute Gasteiger partial charge is 0.0505 e. The summed E-state index contributed by atoms with van der Waals surface area (Å²) in [7, 11) is 0. The minimum Gasteiger partial charge on any atom is -0.396 e. The number of hydrogen-bond donors (Lipinski definition) is 2. The molecule has 0 spiro atoms. The van der Waals surface area contributed by atoms with Gasteiger partial charge in [-0.1, -0.05) is 72.8 Å². The zero-order chi connectivity index (χ0) is 17.3. The monoisotopic (exact) mass is 332 g/mol. The van der Waals surface area contributed by atoms with Crippen LogP contribution in [-0.4, -0.2) is 23.4 Å². The van der Waals surface area contributed by atoms with Gasteiger partial charge in [0.25, 0.3) is 0 Å². The maximum atomic E-state index is 10.6. The van der Waals surface area contributed by atoms with Crippen molar-refractivity contribution in [1.29, 1.82) is 0 Å². The fraction of sp³-hybridized carbons (Fsp3) is 0.304. The average Bonchev–Trinajstić information content (AvgIpc) is 3.28. The van der Waals surface area contributed by atoms with Crippen molar-refractivity contribution in [2.24, 2.45) is 5.41 Å². The van der Waals surface area contributed by atoms with Crippen molar-refractivity contribution in [2.45, 2.75) is 24.7 Å². The van der Waals surface area contributed by atoms with Gasteiger partial charge in [0.1, 0.15) is 0 Å². The van der Waals surface area contributed by atoms with Crippen LogP contribution in [0.3, 0.4) is 0 Å². The Morgan fingerprint density at radius 3 is 1.76 bits per heavy atom.